The number of aliphatic hydroxyl groups is 2. The van der Waals surface area contributed by atoms with E-state index in [9.17, 15) is 49.7 Å². The Morgan fingerprint density at radius 1 is 1.06 bits per heavy atom. The van der Waals surface area contributed by atoms with Gasteiger partial charge in [0.15, 0.2) is 17.5 Å². The molecule has 10 nitrogen and oxygen atoms in total. The van der Waals surface area contributed by atoms with Crippen LogP contribution in [0.5, 0.6) is 0 Å². The van der Waals surface area contributed by atoms with Crippen LogP contribution in [0.1, 0.15) is 23.5 Å². The number of halogens is 11. The summed E-state index contributed by atoms with van der Waals surface area (Å²) in [6, 6.07) is 2.93. The second kappa shape index (κ2) is 13.3. The zero-order chi connectivity index (χ0) is 34.4. The summed E-state index contributed by atoms with van der Waals surface area (Å²) in [6.45, 7) is -2.99. The van der Waals surface area contributed by atoms with E-state index < -0.39 is 96.5 Å². The van der Waals surface area contributed by atoms with Crippen LogP contribution in [0.15, 0.2) is 47.3 Å². The fourth-order valence-electron chi connectivity index (χ4n) is 4.90. The van der Waals surface area contributed by atoms with Crippen molar-refractivity contribution < 1.29 is 59.2 Å². The Labute approximate surface area is 270 Å². The van der Waals surface area contributed by atoms with Gasteiger partial charge in [-0.25, -0.2) is 22.2 Å². The van der Waals surface area contributed by atoms with Crippen LogP contribution in [0.25, 0.3) is 16.9 Å². The van der Waals surface area contributed by atoms with Crippen LogP contribution in [0, 0.1) is 11.6 Å². The second-order valence-electron chi connectivity index (χ2n) is 10.1. The van der Waals surface area contributed by atoms with Crippen molar-refractivity contribution in [2.45, 2.75) is 49.0 Å². The van der Waals surface area contributed by atoms with E-state index in [0.717, 1.165) is 46.0 Å². The lowest BCUT2D eigenvalue weighted by Crippen LogP contribution is -2.55. The average Bonchev–Trinajstić information content (AvgIpc) is 3.69. The molecule has 47 heavy (non-hydrogen) atoms. The minimum absolute atomic E-state index is 0.171. The third kappa shape index (κ3) is 6.84. The Kier molecular flexibility index (Phi) is 9.91. The summed E-state index contributed by atoms with van der Waals surface area (Å²) in [6.07, 6.45) is -15.0. The molecule has 5 rings (SSSR count). The maximum atomic E-state index is 14.7. The molecule has 0 radical (unpaired) electrons. The Hall–Kier alpha value is -3.30. The standard InChI is InChI=1S/C26H19BrClF9N6O4/c27-13-4-2-11(17(29)18(13)30)14-6-43(41-39-14)19-20(45)16(7-44)47-22(21(19)46-8-25(33,34)24(31)32)23-40-38-9-42(23)15-5-10(28)1-3-12(15)26(35,36)37/h1-6,9,16,19-22,24,44-45H,7-8H2/t16-,19+,20+,21-,22-/m1/s1. The highest BCUT2D eigenvalue weighted by Gasteiger charge is 2.52. The molecule has 0 aliphatic carbocycles. The van der Waals surface area contributed by atoms with Crippen LogP contribution in [-0.4, -0.2) is 83.8 Å². The highest BCUT2D eigenvalue weighted by molar-refractivity contribution is 9.10. The van der Waals surface area contributed by atoms with Gasteiger partial charge < -0.3 is 19.7 Å². The fraction of sp³-hybridized carbons (Fsp3) is 0.385. The molecule has 1 aliphatic rings. The normalized spacial score (nSPS) is 22.3. The van der Waals surface area contributed by atoms with E-state index in [2.05, 4.69) is 36.4 Å². The van der Waals surface area contributed by atoms with Crippen molar-refractivity contribution in [2.24, 2.45) is 0 Å². The summed E-state index contributed by atoms with van der Waals surface area (Å²) < 4.78 is 138. The van der Waals surface area contributed by atoms with Gasteiger partial charge in [-0.3, -0.25) is 4.57 Å². The third-order valence-electron chi connectivity index (χ3n) is 7.13. The van der Waals surface area contributed by atoms with E-state index in [1.807, 2.05) is 0 Å². The summed E-state index contributed by atoms with van der Waals surface area (Å²) >= 11 is 8.78. The quantitative estimate of drug-likeness (QED) is 0.168. The number of hydrogen-bond acceptors (Lipinski definition) is 8. The molecule has 0 saturated carbocycles. The van der Waals surface area contributed by atoms with Crippen molar-refractivity contribution in [3.8, 4) is 16.9 Å². The van der Waals surface area contributed by atoms with Crippen molar-refractivity contribution >= 4 is 27.5 Å². The highest BCUT2D eigenvalue weighted by Crippen LogP contribution is 2.43. The van der Waals surface area contributed by atoms with Crippen molar-refractivity contribution in [3.63, 3.8) is 0 Å². The molecule has 254 valence electrons. The van der Waals surface area contributed by atoms with Gasteiger partial charge in [0.1, 0.15) is 49.1 Å². The van der Waals surface area contributed by atoms with Gasteiger partial charge in [-0.1, -0.05) is 16.8 Å². The molecule has 2 aromatic heterocycles. The number of ether oxygens (including phenoxy) is 2. The van der Waals surface area contributed by atoms with Gasteiger partial charge in [-0.05, 0) is 46.3 Å². The second-order valence-corrected chi connectivity index (χ2v) is 11.4. The fourth-order valence-corrected chi connectivity index (χ4v) is 5.37. The molecule has 0 unspecified atom stereocenters. The maximum absolute atomic E-state index is 14.7. The van der Waals surface area contributed by atoms with E-state index in [0.29, 0.717) is 6.07 Å². The predicted octanol–water partition coefficient (Wildman–Crippen LogP) is 5.56. The minimum atomic E-state index is -4.96. The molecule has 0 bridgehead atoms. The molecule has 5 atom stereocenters. The number of hydrogen-bond donors (Lipinski definition) is 2. The van der Waals surface area contributed by atoms with E-state index in [-0.39, 0.29) is 15.2 Å². The van der Waals surface area contributed by atoms with Crippen LogP contribution < -0.4 is 0 Å². The first-order chi connectivity index (χ1) is 22.0. The van der Waals surface area contributed by atoms with Crippen LogP contribution in [0.2, 0.25) is 5.02 Å². The van der Waals surface area contributed by atoms with Gasteiger partial charge >= 0.3 is 18.5 Å². The van der Waals surface area contributed by atoms with Crippen molar-refractivity contribution in [1.82, 2.24) is 29.8 Å². The lowest BCUT2D eigenvalue weighted by Gasteiger charge is -2.44. The smallest absolute Gasteiger partial charge is 0.394 e. The Morgan fingerprint density at radius 3 is 2.45 bits per heavy atom. The number of alkyl halides is 7. The predicted molar refractivity (Wildman–Crippen MR) is 145 cm³/mol. The Morgan fingerprint density at radius 2 is 1.79 bits per heavy atom. The molecular weight excluding hydrogens is 747 g/mol. The summed E-state index contributed by atoms with van der Waals surface area (Å²) in [5, 5.41) is 35.8. The van der Waals surface area contributed by atoms with Gasteiger partial charge in [0.2, 0.25) is 0 Å². The van der Waals surface area contributed by atoms with E-state index in [1.165, 1.54) is 0 Å². The number of benzene rings is 2. The summed E-state index contributed by atoms with van der Waals surface area (Å²) in [7, 11) is 0. The van der Waals surface area contributed by atoms with Crippen LogP contribution in [0.4, 0.5) is 39.5 Å². The third-order valence-corrected chi connectivity index (χ3v) is 7.98. The molecule has 0 amide bonds. The van der Waals surface area contributed by atoms with Crippen molar-refractivity contribution in [3.05, 3.63) is 75.4 Å². The van der Waals surface area contributed by atoms with E-state index in [1.54, 1.807) is 0 Å². The van der Waals surface area contributed by atoms with Gasteiger partial charge in [-0.2, -0.15) is 22.0 Å². The maximum Gasteiger partial charge on any atom is 0.418 e. The minimum Gasteiger partial charge on any atom is -0.394 e. The number of aromatic nitrogens is 6. The molecule has 4 aromatic rings. The SMILES string of the molecule is OC[C@H]1O[C@@H](c2nncn2-c2cc(Cl)ccc2C(F)(F)F)[C@H](OCC(F)(F)C(F)F)[C@@H](n2cc(-c3ccc(Br)c(F)c3F)nn2)[C@H]1O. The molecule has 1 aliphatic heterocycles. The molecule has 3 heterocycles. The largest absolute Gasteiger partial charge is 0.418 e. The lowest BCUT2D eigenvalue weighted by molar-refractivity contribution is -0.248. The molecule has 2 aromatic carbocycles. The van der Waals surface area contributed by atoms with Crippen LogP contribution in [-0.2, 0) is 15.7 Å². The summed E-state index contributed by atoms with van der Waals surface area (Å²) in [5.74, 6) is -8.02. The van der Waals surface area contributed by atoms with Gasteiger partial charge in [-0.15, -0.1) is 15.3 Å². The zero-order valence-corrected chi connectivity index (χ0v) is 25.3. The highest BCUT2D eigenvalue weighted by atomic mass is 79.9. The number of nitrogens with zero attached hydrogens (tertiary/aromatic N) is 6. The first-order valence-corrected chi connectivity index (χ1v) is 14.3. The number of rotatable bonds is 9. The van der Waals surface area contributed by atoms with Crippen LogP contribution >= 0.6 is 27.5 Å². The van der Waals surface area contributed by atoms with Crippen LogP contribution in [0.3, 0.4) is 0 Å². The van der Waals surface area contributed by atoms with Crippen molar-refractivity contribution in [2.75, 3.05) is 13.2 Å². The first-order valence-electron chi connectivity index (χ1n) is 13.1. The monoisotopic (exact) mass is 764 g/mol. The molecule has 1 fully saturated rings. The zero-order valence-electron chi connectivity index (χ0n) is 23.0. The summed E-state index contributed by atoms with van der Waals surface area (Å²) in [5.41, 5.74) is -2.70. The van der Waals surface area contributed by atoms with Gasteiger partial charge in [0.05, 0.1) is 28.5 Å². The molecule has 1 saturated heterocycles. The molecule has 0 spiro atoms. The summed E-state index contributed by atoms with van der Waals surface area (Å²) in [4.78, 5) is 0. The Balaban J connectivity index is 1.65. The number of aliphatic hydroxyl groups excluding tert-OH is 2. The average molecular weight is 766 g/mol. The van der Waals surface area contributed by atoms with Gasteiger partial charge in [0, 0.05) is 10.6 Å². The Bertz CT molecular complexity index is 1740. The van der Waals surface area contributed by atoms with Gasteiger partial charge in [0.25, 0.3) is 0 Å². The first kappa shape index (κ1) is 35.0. The lowest BCUT2D eigenvalue weighted by atomic mass is 9.91. The van der Waals surface area contributed by atoms with E-state index >= 15 is 0 Å². The topological polar surface area (TPSA) is 120 Å². The molecular formula is C26H19BrClF9N6O4. The molecule has 2 N–H and O–H groups in total. The molecule has 21 heteroatoms. The van der Waals surface area contributed by atoms with Crippen molar-refractivity contribution in [1.29, 1.82) is 0 Å². The van der Waals surface area contributed by atoms with E-state index in [4.69, 9.17) is 21.1 Å².